The van der Waals surface area contributed by atoms with Crippen molar-refractivity contribution in [3.05, 3.63) is 30.1 Å². The third-order valence-electron chi connectivity index (χ3n) is 3.02. The van der Waals surface area contributed by atoms with Crippen LogP contribution in [0, 0.1) is 0 Å². The number of aromatic nitrogens is 2. The molecule has 0 radical (unpaired) electrons. The monoisotopic (exact) mass is 202 g/mol. The second-order valence-electron chi connectivity index (χ2n) is 4.00. The molecule has 0 N–H and O–H groups in total. The first-order chi connectivity index (χ1) is 7.27. The predicted molar refractivity (Wildman–Crippen MR) is 64.1 cm³/mol. The van der Waals surface area contributed by atoms with Crippen molar-refractivity contribution in [1.82, 2.24) is 9.55 Å². The van der Waals surface area contributed by atoms with Gasteiger partial charge in [0.1, 0.15) is 5.82 Å². The zero-order chi connectivity index (χ0) is 10.8. The van der Waals surface area contributed by atoms with Gasteiger partial charge in [-0.15, -0.1) is 0 Å². The molecule has 1 aromatic heterocycles. The van der Waals surface area contributed by atoms with Gasteiger partial charge in [-0.3, -0.25) is 0 Å². The Bertz CT molecular complexity index is 457. The molecule has 2 rings (SSSR count). The van der Waals surface area contributed by atoms with E-state index >= 15 is 0 Å². The molecule has 1 heterocycles. The van der Waals surface area contributed by atoms with Gasteiger partial charge in [0, 0.05) is 12.5 Å². The summed E-state index contributed by atoms with van der Waals surface area (Å²) in [5, 5.41) is 0. The van der Waals surface area contributed by atoms with Crippen LogP contribution in [0.1, 0.15) is 39.1 Å². The molecule has 2 aromatic rings. The Morgan fingerprint density at radius 1 is 1.27 bits per heavy atom. The molecule has 15 heavy (non-hydrogen) atoms. The van der Waals surface area contributed by atoms with E-state index in [1.165, 1.54) is 11.3 Å². The Kier molecular flexibility index (Phi) is 2.76. The highest BCUT2D eigenvalue weighted by atomic mass is 15.1. The van der Waals surface area contributed by atoms with Crippen LogP contribution in [0.5, 0.6) is 0 Å². The molecule has 0 unspecified atom stereocenters. The van der Waals surface area contributed by atoms with Crippen LogP contribution in [-0.4, -0.2) is 9.55 Å². The minimum Gasteiger partial charge on any atom is -0.325 e. The molecule has 1 aromatic carbocycles. The number of para-hydroxylation sites is 2. The molecule has 0 aliphatic heterocycles. The molecule has 0 saturated heterocycles. The SMILES string of the molecule is CCc1nc2ccccc2n1[C@@H](C)CC. The van der Waals surface area contributed by atoms with E-state index in [-0.39, 0.29) is 0 Å². The van der Waals surface area contributed by atoms with Gasteiger partial charge >= 0.3 is 0 Å². The largest absolute Gasteiger partial charge is 0.325 e. The van der Waals surface area contributed by atoms with Crippen molar-refractivity contribution in [3.8, 4) is 0 Å². The maximum Gasteiger partial charge on any atom is 0.109 e. The van der Waals surface area contributed by atoms with E-state index in [0.717, 1.165) is 18.4 Å². The van der Waals surface area contributed by atoms with Crippen molar-refractivity contribution in [3.63, 3.8) is 0 Å². The molecule has 0 amide bonds. The van der Waals surface area contributed by atoms with Crippen molar-refractivity contribution in [2.24, 2.45) is 0 Å². The van der Waals surface area contributed by atoms with Gasteiger partial charge in [-0.2, -0.15) is 0 Å². The lowest BCUT2D eigenvalue weighted by atomic mass is 10.2. The molecule has 0 saturated carbocycles. The summed E-state index contributed by atoms with van der Waals surface area (Å²) in [6, 6.07) is 8.92. The normalized spacial score (nSPS) is 13.3. The van der Waals surface area contributed by atoms with E-state index in [2.05, 4.69) is 54.6 Å². The standard InChI is InChI=1S/C13H18N2/c1-4-10(3)15-12-9-7-6-8-11(12)14-13(15)5-2/h6-10H,4-5H2,1-3H3/t10-/m0/s1. The van der Waals surface area contributed by atoms with E-state index in [4.69, 9.17) is 0 Å². The highest BCUT2D eigenvalue weighted by Gasteiger charge is 2.12. The van der Waals surface area contributed by atoms with Crippen LogP contribution in [0.3, 0.4) is 0 Å². The second-order valence-corrected chi connectivity index (χ2v) is 4.00. The first-order valence-corrected chi connectivity index (χ1v) is 5.73. The minimum atomic E-state index is 0.535. The third kappa shape index (κ3) is 1.65. The van der Waals surface area contributed by atoms with Gasteiger partial charge in [-0.25, -0.2) is 4.98 Å². The molecule has 0 bridgehead atoms. The zero-order valence-corrected chi connectivity index (χ0v) is 9.70. The fraction of sp³-hybridized carbons (Fsp3) is 0.462. The maximum atomic E-state index is 4.66. The van der Waals surface area contributed by atoms with Crippen molar-refractivity contribution >= 4 is 11.0 Å². The molecular formula is C13H18N2. The summed E-state index contributed by atoms with van der Waals surface area (Å²) in [5.41, 5.74) is 2.39. The molecule has 0 aliphatic carbocycles. The number of fused-ring (bicyclic) bond motifs is 1. The average molecular weight is 202 g/mol. The first kappa shape index (κ1) is 10.2. The smallest absolute Gasteiger partial charge is 0.109 e. The van der Waals surface area contributed by atoms with E-state index < -0.39 is 0 Å². The number of rotatable bonds is 3. The van der Waals surface area contributed by atoms with Crippen LogP contribution in [0.4, 0.5) is 0 Å². The lowest BCUT2D eigenvalue weighted by molar-refractivity contribution is 0.524. The Morgan fingerprint density at radius 3 is 2.67 bits per heavy atom. The lowest BCUT2D eigenvalue weighted by Crippen LogP contribution is -2.07. The first-order valence-electron chi connectivity index (χ1n) is 5.73. The Labute approximate surface area is 90.9 Å². The number of nitrogens with zero attached hydrogens (tertiary/aromatic N) is 2. The number of aryl methyl sites for hydroxylation is 1. The molecule has 80 valence electrons. The summed E-state index contributed by atoms with van der Waals surface area (Å²) in [6.07, 6.45) is 2.15. The fourth-order valence-electron chi connectivity index (χ4n) is 2.02. The number of hydrogen-bond acceptors (Lipinski definition) is 1. The van der Waals surface area contributed by atoms with Crippen molar-refractivity contribution in [1.29, 1.82) is 0 Å². The Hall–Kier alpha value is -1.31. The highest BCUT2D eigenvalue weighted by Crippen LogP contribution is 2.22. The molecule has 0 spiro atoms. The van der Waals surface area contributed by atoms with Gasteiger partial charge in [0.25, 0.3) is 0 Å². The summed E-state index contributed by atoms with van der Waals surface area (Å²) in [5.74, 6) is 1.20. The van der Waals surface area contributed by atoms with Crippen LogP contribution in [0.15, 0.2) is 24.3 Å². The van der Waals surface area contributed by atoms with E-state index in [0.29, 0.717) is 6.04 Å². The van der Waals surface area contributed by atoms with Gasteiger partial charge in [0.05, 0.1) is 11.0 Å². The molecular weight excluding hydrogens is 184 g/mol. The summed E-state index contributed by atoms with van der Waals surface area (Å²) in [4.78, 5) is 4.66. The van der Waals surface area contributed by atoms with E-state index in [9.17, 15) is 0 Å². The predicted octanol–water partition coefficient (Wildman–Crippen LogP) is 3.57. The van der Waals surface area contributed by atoms with Crippen LogP contribution < -0.4 is 0 Å². The van der Waals surface area contributed by atoms with Crippen LogP contribution in [-0.2, 0) is 6.42 Å². The van der Waals surface area contributed by atoms with Crippen molar-refractivity contribution in [2.75, 3.05) is 0 Å². The summed E-state index contributed by atoms with van der Waals surface area (Å²) in [7, 11) is 0. The Morgan fingerprint density at radius 2 is 2.00 bits per heavy atom. The van der Waals surface area contributed by atoms with Gasteiger partial charge in [0.15, 0.2) is 0 Å². The molecule has 0 fully saturated rings. The van der Waals surface area contributed by atoms with Crippen molar-refractivity contribution < 1.29 is 0 Å². The quantitative estimate of drug-likeness (QED) is 0.744. The van der Waals surface area contributed by atoms with E-state index in [1.807, 2.05) is 0 Å². The van der Waals surface area contributed by atoms with Gasteiger partial charge in [-0.1, -0.05) is 26.0 Å². The molecule has 2 heteroatoms. The minimum absolute atomic E-state index is 0.535. The van der Waals surface area contributed by atoms with Gasteiger partial charge in [0.2, 0.25) is 0 Å². The summed E-state index contributed by atoms with van der Waals surface area (Å²) >= 11 is 0. The molecule has 1 atom stereocenters. The van der Waals surface area contributed by atoms with Gasteiger partial charge in [-0.05, 0) is 25.5 Å². The van der Waals surface area contributed by atoms with Crippen LogP contribution in [0.25, 0.3) is 11.0 Å². The summed E-state index contributed by atoms with van der Waals surface area (Å²) in [6.45, 7) is 6.65. The van der Waals surface area contributed by atoms with Crippen LogP contribution >= 0.6 is 0 Å². The summed E-state index contributed by atoms with van der Waals surface area (Å²) < 4.78 is 2.37. The highest BCUT2D eigenvalue weighted by molar-refractivity contribution is 5.76. The average Bonchev–Trinajstić information content (AvgIpc) is 2.66. The molecule has 2 nitrogen and oxygen atoms in total. The number of hydrogen-bond donors (Lipinski definition) is 0. The number of imidazole rings is 1. The molecule has 0 aliphatic rings. The van der Waals surface area contributed by atoms with Crippen LogP contribution in [0.2, 0.25) is 0 Å². The van der Waals surface area contributed by atoms with Gasteiger partial charge < -0.3 is 4.57 Å². The third-order valence-corrected chi connectivity index (χ3v) is 3.02. The number of benzene rings is 1. The zero-order valence-electron chi connectivity index (χ0n) is 9.70. The van der Waals surface area contributed by atoms with Crippen molar-refractivity contribution in [2.45, 2.75) is 39.7 Å². The fourth-order valence-corrected chi connectivity index (χ4v) is 2.02. The topological polar surface area (TPSA) is 17.8 Å². The van der Waals surface area contributed by atoms with E-state index in [1.54, 1.807) is 0 Å². The second kappa shape index (κ2) is 4.05. The lowest BCUT2D eigenvalue weighted by Gasteiger charge is -2.14. The Balaban J connectivity index is 2.66. The maximum absolute atomic E-state index is 4.66.